The summed E-state index contributed by atoms with van der Waals surface area (Å²) in [6.45, 7) is 3.97. The Labute approximate surface area is 182 Å². The fourth-order valence-corrected chi connectivity index (χ4v) is 3.70. The lowest BCUT2D eigenvalue weighted by molar-refractivity contribution is 0.0940. The molecule has 3 rings (SSSR count). The number of carbonyl (C=O) groups is 2. The van der Waals surface area contributed by atoms with Crippen LogP contribution < -0.4 is 10.6 Å². The van der Waals surface area contributed by atoms with Crippen molar-refractivity contribution in [2.24, 2.45) is 0 Å². The van der Waals surface area contributed by atoms with Gasteiger partial charge in [0, 0.05) is 22.3 Å². The van der Waals surface area contributed by atoms with Gasteiger partial charge in [0.25, 0.3) is 11.8 Å². The zero-order valence-electron chi connectivity index (χ0n) is 17.2. The van der Waals surface area contributed by atoms with E-state index in [0.29, 0.717) is 16.8 Å². The van der Waals surface area contributed by atoms with Crippen LogP contribution in [0.25, 0.3) is 0 Å². The minimum Gasteiger partial charge on any atom is -0.350 e. The van der Waals surface area contributed by atoms with E-state index in [1.165, 1.54) is 4.90 Å². The van der Waals surface area contributed by atoms with E-state index in [9.17, 15) is 9.59 Å². The second-order valence-electron chi connectivity index (χ2n) is 7.08. The topological polar surface area (TPSA) is 58.2 Å². The molecule has 0 fully saturated rings. The Morgan fingerprint density at radius 1 is 0.867 bits per heavy atom. The van der Waals surface area contributed by atoms with Gasteiger partial charge in [0.05, 0.1) is 11.3 Å². The van der Waals surface area contributed by atoms with Crippen molar-refractivity contribution in [3.8, 4) is 0 Å². The number of hydrogen-bond donors (Lipinski definition) is 2. The van der Waals surface area contributed by atoms with Crippen molar-refractivity contribution in [3.05, 3.63) is 95.6 Å². The zero-order chi connectivity index (χ0) is 21.3. The van der Waals surface area contributed by atoms with Crippen molar-refractivity contribution in [1.29, 1.82) is 0 Å². The predicted octanol–water partition coefficient (Wildman–Crippen LogP) is 5.76. The molecule has 0 aliphatic rings. The molecule has 3 aromatic carbocycles. The molecule has 0 unspecified atom stereocenters. The summed E-state index contributed by atoms with van der Waals surface area (Å²) in [4.78, 5) is 26.4. The zero-order valence-corrected chi connectivity index (χ0v) is 18.0. The van der Waals surface area contributed by atoms with Gasteiger partial charge < -0.3 is 10.6 Å². The lowest BCUT2D eigenvalue weighted by atomic mass is 10.1. The first-order valence-corrected chi connectivity index (χ1v) is 11.0. The van der Waals surface area contributed by atoms with Gasteiger partial charge >= 0.3 is 0 Å². The van der Waals surface area contributed by atoms with Gasteiger partial charge in [0.15, 0.2) is 0 Å². The van der Waals surface area contributed by atoms with Gasteiger partial charge in [-0.25, -0.2) is 0 Å². The molecule has 0 spiro atoms. The first-order valence-electron chi connectivity index (χ1n) is 10.0. The molecule has 5 heteroatoms. The average Bonchev–Trinajstić information content (AvgIpc) is 2.79. The highest BCUT2D eigenvalue weighted by Gasteiger charge is 2.15. The summed E-state index contributed by atoms with van der Waals surface area (Å²) in [6, 6.07) is 24.9. The Hall–Kier alpha value is -3.05. The molecule has 0 saturated carbocycles. The quantitative estimate of drug-likeness (QED) is 0.457. The third-order valence-electron chi connectivity index (χ3n) is 4.77. The predicted molar refractivity (Wildman–Crippen MR) is 124 cm³/mol. The molecule has 0 bridgehead atoms. The van der Waals surface area contributed by atoms with E-state index in [1.54, 1.807) is 36.0 Å². The first-order chi connectivity index (χ1) is 14.6. The van der Waals surface area contributed by atoms with Crippen molar-refractivity contribution in [2.45, 2.75) is 37.0 Å². The summed E-state index contributed by atoms with van der Waals surface area (Å²) in [7, 11) is 0. The van der Waals surface area contributed by atoms with Crippen LogP contribution in [0.3, 0.4) is 0 Å². The lowest BCUT2D eigenvalue weighted by Gasteiger charge is -2.14. The summed E-state index contributed by atoms with van der Waals surface area (Å²) < 4.78 is 0. The summed E-state index contributed by atoms with van der Waals surface area (Å²) in [6.07, 6.45) is 0.842. The molecule has 0 aliphatic heterocycles. The van der Waals surface area contributed by atoms with E-state index in [2.05, 4.69) is 22.8 Å². The summed E-state index contributed by atoms with van der Waals surface area (Å²) in [5.41, 5.74) is 2.67. The van der Waals surface area contributed by atoms with Crippen LogP contribution in [0.2, 0.25) is 0 Å². The van der Waals surface area contributed by atoms with Crippen LogP contribution >= 0.6 is 11.8 Å². The van der Waals surface area contributed by atoms with Crippen molar-refractivity contribution >= 4 is 29.3 Å². The lowest BCUT2D eigenvalue weighted by Crippen LogP contribution is -2.32. The van der Waals surface area contributed by atoms with Crippen LogP contribution in [0.1, 0.15) is 46.5 Å². The summed E-state index contributed by atoms with van der Waals surface area (Å²) in [5, 5.41) is 5.81. The minimum atomic E-state index is -0.235. The maximum atomic E-state index is 12.7. The second kappa shape index (κ2) is 10.6. The molecule has 0 aliphatic carbocycles. The Morgan fingerprint density at radius 2 is 1.53 bits per heavy atom. The standard InChI is InChI=1S/C25H26N2O2S/c1-3-18(2)26-25(29)22-11-7-8-12-23(22)27-24(28)20-15-13-19(14-16-20)17-30-21-9-5-4-6-10-21/h4-16,18H,3,17H2,1-2H3,(H,26,29)(H,27,28)/t18-/m0/s1. The van der Waals surface area contributed by atoms with E-state index in [0.717, 1.165) is 17.7 Å². The van der Waals surface area contributed by atoms with Gasteiger partial charge in [-0.2, -0.15) is 0 Å². The van der Waals surface area contributed by atoms with Crippen LogP contribution in [0.4, 0.5) is 5.69 Å². The van der Waals surface area contributed by atoms with Gasteiger partial charge in [-0.1, -0.05) is 49.4 Å². The monoisotopic (exact) mass is 418 g/mol. The Kier molecular flexibility index (Phi) is 7.69. The highest BCUT2D eigenvalue weighted by atomic mass is 32.2. The van der Waals surface area contributed by atoms with E-state index in [4.69, 9.17) is 0 Å². The van der Waals surface area contributed by atoms with Crippen molar-refractivity contribution in [1.82, 2.24) is 5.32 Å². The fourth-order valence-electron chi connectivity index (χ4n) is 2.82. The molecule has 0 saturated heterocycles. The van der Waals surface area contributed by atoms with Crippen molar-refractivity contribution in [3.63, 3.8) is 0 Å². The van der Waals surface area contributed by atoms with Crippen LogP contribution in [0.5, 0.6) is 0 Å². The van der Waals surface area contributed by atoms with Gasteiger partial charge in [0.1, 0.15) is 0 Å². The third-order valence-corrected chi connectivity index (χ3v) is 5.86. The largest absolute Gasteiger partial charge is 0.350 e. The molecule has 4 nitrogen and oxygen atoms in total. The Bertz CT molecular complexity index is 988. The molecule has 0 heterocycles. The molecule has 1 atom stereocenters. The number of nitrogens with one attached hydrogen (secondary N) is 2. The number of hydrogen-bond acceptors (Lipinski definition) is 3. The summed E-state index contributed by atoms with van der Waals surface area (Å²) in [5.74, 6) is 0.416. The molecule has 154 valence electrons. The average molecular weight is 419 g/mol. The first kappa shape index (κ1) is 21.7. The van der Waals surface area contributed by atoms with E-state index < -0.39 is 0 Å². The normalized spacial score (nSPS) is 11.5. The van der Waals surface area contributed by atoms with E-state index >= 15 is 0 Å². The summed E-state index contributed by atoms with van der Waals surface area (Å²) >= 11 is 1.76. The maximum absolute atomic E-state index is 12.7. The van der Waals surface area contributed by atoms with E-state index in [-0.39, 0.29) is 17.9 Å². The van der Waals surface area contributed by atoms with Crippen molar-refractivity contribution < 1.29 is 9.59 Å². The SMILES string of the molecule is CC[C@H](C)NC(=O)c1ccccc1NC(=O)c1ccc(CSc2ccccc2)cc1. The highest BCUT2D eigenvalue weighted by molar-refractivity contribution is 7.98. The molecular weight excluding hydrogens is 392 g/mol. The van der Waals surface area contributed by atoms with Crippen LogP contribution in [-0.2, 0) is 5.75 Å². The number of rotatable bonds is 8. The smallest absolute Gasteiger partial charge is 0.255 e. The molecule has 2 amide bonds. The molecule has 0 radical (unpaired) electrons. The maximum Gasteiger partial charge on any atom is 0.255 e. The number of amides is 2. The number of thioether (sulfide) groups is 1. The molecule has 0 aromatic heterocycles. The Balaban J connectivity index is 1.64. The van der Waals surface area contributed by atoms with Crippen LogP contribution in [0, 0.1) is 0 Å². The molecular formula is C25H26N2O2S. The number of para-hydroxylation sites is 1. The van der Waals surface area contributed by atoms with Crippen LogP contribution in [-0.4, -0.2) is 17.9 Å². The number of benzene rings is 3. The van der Waals surface area contributed by atoms with Gasteiger partial charge in [-0.05, 0) is 55.3 Å². The molecule has 2 N–H and O–H groups in total. The van der Waals surface area contributed by atoms with Crippen LogP contribution in [0.15, 0.2) is 83.8 Å². The molecule has 3 aromatic rings. The van der Waals surface area contributed by atoms with Gasteiger partial charge in [-0.3, -0.25) is 9.59 Å². The minimum absolute atomic E-state index is 0.0718. The van der Waals surface area contributed by atoms with Gasteiger partial charge in [0.2, 0.25) is 0 Å². The highest BCUT2D eigenvalue weighted by Crippen LogP contribution is 2.23. The van der Waals surface area contributed by atoms with Crippen molar-refractivity contribution in [2.75, 3.05) is 5.32 Å². The Morgan fingerprint density at radius 3 is 2.23 bits per heavy atom. The third kappa shape index (κ3) is 5.97. The second-order valence-corrected chi connectivity index (χ2v) is 8.13. The number of anilines is 1. The van der Waals surface area contributed by atoms with Gasteiger partial charge in [-0.15, -0.1) is 11.8 Å². The molecule has 30 heavy (non-hydrogen) atoms. The fraction of sp³-hybridized carbons (Fsp3) is 0.200. The van der Waals surface area contributed by atoms with E-state index in [1.807, 2.05) is 56.3 Å². The number of carbonyl (C=O) groups excluding carboxylic acids is 2.